The van der Waals surface area contributed by atoms with E-state index in [-0.39, 0.29) is 17.9 Å². The Balaban J connectivity index is 1.55. The number of likely N-dealkylation sites (tertiary alicyclic amines) is 1. The van der Waals surface area contributed by atoms with Gasteiger partial charge in [0.2, 0.25) is 5.91 Å². The van der Waals surface area contributed by atoms with Gasteiger partial charge < -0.3 is 10.2 Å². The van der Waals surface area contributed by atoms with Gasteiger partial charge in [-0.15, -0.1) is 11.3 Å². The number of piperidine rings is 1. The molecule has 154 valence electrons. The largest absolute Gasteiger partial charge is 0.354 e. The summed E-state index contributed by atoms with van der Waals surface area (Å²) < 4.78 is 0. The molecule has 0 bridgehead atoms. The Kier molecular flexibility index (Phi) is 6.01. The van der Waals surface area contributed by atoms with Gasteiger partial charge in [-0.3, -0.25) is 14.5 Å². The fraction of sp³-hybridized carbons (Fsp3) is 0.478. The summed E-state index contributed by atoms with van der Waals surface area (Å²) in [5, 5.41) is 5.18. The number of likely N-dealkylation sites (N-methyl/N-ethyl adjacent to an activating group) is 1. The van der Waals surface area contributed by atoms with Crippen molar-refractivity contribution in [2.24, 2.45) is 0 Å². The highest BCUT2D eigenvalue weighted by molar-refractivity contribution is 7.10. The van der Waals surface area contributed by atoms with Crippen LogP contribution in [0.15, 0.2) is 41.8 Å². The standard InChI is InChI=1S/C23H29N3O2S/c1-16-8-5-6-13-26(16)14-12-24-22(27)20-17-9-3-4-10-18(17)23(28)25(2)21(20)19-11-7-15-29-19/h3-4,7,9-11,15-16,20-21H,5-6,8,12-14H2,1-2H3,(H,24,27)/t16-,20+,21+/m1/s1. The predicted octanol–water partition coefficient (Wildman–Crippen LogP) is 3.65. The normalized spacial score (nSPS) is 25.0. The van der Waals surface area contributed by atoms with Crippen LogP contribution in [0.1, 0.15) is 58.9 Å². The van der Waals surface area contributed by atoms with Crippen molar-refractivity contribution in [1.82, 2.24) is 15.1 Å². The summed E-state index contributed by atoms with van der Waals surface area (Å²) in [5.41, 5.74) is 1.46. The summed E-state index contributed by atoms with van der Waals surface area (Å²) in [4.78, 5) is 31.6. The summed E-state index contributed by atoms with van der Waals surface area (Å²) >= 11 is 1.60. The maximum Gasteiger partial charge on any atom is 0.254 e. The first-order valence-electron chi connectivity index (χ1n) is 10.5. The molecule has 0 radical (unpaired) electrons. The van der Waals surface area contributed by atoms with Crippen molar-refractivity contribution in [3.63, 3.8) is 0 Å². The summed E-state index contributed by atoms with van der Waals surface area (Å²) in [6.45, 7) is 4.89. The highest BCUT2D eigenvalue weighted by atomic mass is 32.1. The van der Waals surface area contributed by atoms with Crippen molar-refractivity contribution in [1.29, 1.82) is 0 Å². The maximum atomic E-state index is 13.4. The number of hydrogen-bond donors (Lipinski definition) is 1. The van der Waals surface area contributed by atoms with Crippen LogP contribution in [0.25, 0.3) is 0 Å². The summed E-state index contributed by atoms with van der Waals surface area (Å²) in [6.07, 6.45) is 3.77. The lowest BCUT2D eigenvalue weighted by Crippen LogP contribution is -2.47. The van der Waals surface area contributed by atoms with Gasteiger partial charge in [0.15, 0.2) is 0 Å². The van der Waals surface area contributed by atoms with E-state index in [4.69, 9.17) is 0 Å². The minimum absolute atomic E-state index is 0.000127. The van der Waals surface area contributed by atoms with E-state index in [0.29, 0.717) is 18.2 Å². The van der Waals surface area contributed by atoms with E-state index in [9.17, 15) is 9.59 Å². The number of hydrogen-bond acceptors (Lipinski definition) is 4. The van der Waals surface area contributed by atoms with Crippen LogP contribution in [0.2, 0.25) is 0 Å². The molecule has 1 N–H and O–H groups in total. The van der Waals surface area contributed by atoms with Crippen molar-refractivity contribution in [3.8, 4) is 0 Å². The molecule has 2 amide bonds. The minimum Gasteiger partial charge on any atom is -0.354 e. The molecule has 2 aromatic rings. The van der Waals surface area contributed by atoms with Crippen molar-refractivity contribution in [3.05, 3.63) is 57.8 Å². The number of rotatable bonds is 5. The molecule has 3 atom stereocenters. The molecule has 0 aliphatic carbocycles. The monoisotopic (exact) mass is 411 g/mol. The first-order valence-corrected chi connectivity index (χ1v) is 11.4. The lowest BCUT2D eigenvalue weighted by atomic mass is 9.82. The Hall–Kier alpha value is -2.18. The van der Waals surface area contributed by atoms with Gasteiger partial charge in [-0.1, -0.05) is 30.7 Å². The summed E-state index contributed by atoms with van der Waals surface area (Å²) in [7, 11) is 1.80. The molecule has 6 heteroatoms. The molecule has 2 aliphatic heterocycles. The summed E-state index contributed by atoms with van der Waals surface area (Å²) in [6, 6.07) is 11.8. The van der Waals surface area contributed by atoms with Gasteiger partial charge in [0.1, 0.15) is 0 Å². The minimum atomic E-state index is -0.397. The molecule has 1 saturated heterocycles. The highest BCUT2D eigenvalue weighted by Crippen LogP contribution is 2.43. The Morgan fingerprint density at radius 3 is 2.79 bits per heavy atom. The number of carbonyl (C=O) groups excluding carboxylic acids is 2. The zero-order chi connectivity index (χ0) is 20.4. The van der Waals surface area contributed by atoms with Crippen LogP contribution in [0, 0.1) is 0 Å². The van der Waals surface area contributed by atoms with E-state index < -0.39 is 5.92 Å². The average molecular weight is 412 g/mol. The first-order chi connectivity index (χ1) is 14.1. The SMILES string of the molecule is C[C@@H]1CCCCN1CCNC(=O)[C@H]1c2ccccc2C(=O)N(C)[C@H]1c1cccs1. The third-order valence-electron chi connectivity index (χ3n) is 6.34. The number of benzene rings is 1. The Bertz CT molecular complexity index is 867. The van der Waals surface area contributed by atoms with Crippen LogP contribution in [0.3, 0.4) is 0 Å². The molecule has 0 unspecified atom stereocenters. The van der Waals surface area contributed by atoms with E-state index in [0.717, 1.165) is 23.5 Å². The zero-order valence-electron chi connectivity index (χ0n) is 17.1. The van der Waals surface area contributed by atoms with E-state index in [2.05, 4.69) is 17.1 Å². The molecule has 4 rings (SSSR count). The average Bonchev–Trinajstić information content (AvgIpc) is 3.26. The molecule has 0 saturated carbocycles. The molecule has 1 fully saturated rings. The lowest BCUT2D eigenvalue weighted by Gasteiger charge is -2.39. The number of carbonyl (C=O) groups is 2. The second-order valence-electron chi connectivity index (χ2n) is 8.11. The van der Waals surface area contributed by atoms with Gasteiger partial charge in [0.05, 0.1) is 12.0 Å². The van der Waals surface area contributed by atoms with Crippen LogP contribution in [0.5, 0.6) is 0 Å². The van der Waals surface area contributed by atoms with Gasteiger partial charge in [-0.25, -0.2) is 0 Å². The fourth-order valence-electron chi connectivity index (χ4n) is 4.69. The van der Waals surface area contributed by atoms with Gasteiger partial charge >= 0.3 is 0 Å². The van der Waals surface area contributed by atoms with Crippen molar-refractivity contribution < 1.29 is 9.59 Å². The van der Waals surface area contributed by atoms with Gasteiger partial charge in [0.25, 0.3) is 5.91 Å². The first kappa shape index (κ1) is 20.1. The molecule has 0 spiro atoms. The van der Waals surface area contributed by atoms with Gasteiger partial charge in [-0.2, -0.15) is 0 Å². The lowest BCUT2D eigenvalue weighted by molar-refractivity contribution is -0.124. The predicted molar refractivity (Wildman–Crippen MR) is 116 cm³/mol. The van der Waals surface area contributed by atoms with Crippen LogP contribution in [-0.2, 0) is 4.79 Å². The molecule has 5 nitrogen and oxygen atoms in total. The van der Waals surface area contributed by atoms with Crippen molar-refractivity contribution >= 4 is 23.2 Å². The van der Waals surface area contributed by atoms with Crippen molar-refractivity contribution in [2.75, 3.05) is 26.7 Å². The molecule has 2 aliphatic rings. The zero-order valence-corrected chi connectivity index (χ0v) is 18.0. The Labute approximate surface area is 176 Å². The second kappa shape index (κ2) is 8.67. The fourth-order valence-corrected chi connectivity index (χ4v) is 5.60. The number of fused-ring (bicyclic) bond motifs is 1. The number of thiophene rings is 1. The smallest absolute Gasteiger partial charge is 0.254 e. The van der Waals surface area contributed by atoms with E-state index in [1.165, 1.54) is 19.3 Å². The van der Waals surface area contributed by atoms with Crippen LogP contribution >= 0.6 is 11.3 Å². The molecule has 3 heterocycles. The quantitative estimate of drug-likeness (QED) is 0.817. The van der Waals surface area contributed by atoms with Gasteiger partial charge in [0, 0.05) is 36.6 Å². The van der Waals surface area contributed by atoms with Gasteiger partial charge in [-0.05, 0) is 49.4 Å². The molecule has 29 heavy (non-hydrogen) atoms. The number of amides is 2. The highest BCUT2D eigenvalue weighted by Gasteiger charge is 2.42. The molecular weight excluding hydrogens is 382 g/mol. The Morgan fingerprint density at radius 1 is 1.21 bits per heavy atom. The topological polar surface area (TPSA) is 52.7 Å². The third kappa shape index (κ3) is 3.96. The molecular formula is C23H29N3O2S. The van der Waals surface area contributed by atoms with Crippen molar-refractivity contribution in [2.45, 2.75) is 44.2 Å². The Morgan fingerprint density at radius 2 is 2.03 bits per heavy atom. The maximum absolute atomic E-state index is 13.4. The molecule has 1 aromatic carbocycles. The van der Waals surface area contributed by atoms with E-state index >= 15 is 0 Å². The van der Waals surface area contributed by atoms with E-state index in [1.807, 2.05) is 41.8 Å². The van der Waals surface area contributed by atoms with Crippen LogP contribution in [-0.4, -0.2) is 54.3 Å². The second-order valence-corrected chi connectivity index (χ2v) is 9.09. The summed E-state index contributed by atoms with van der Waals surface area (Å²) in [5.74, 6) is -0.420. The third-order valence-corrected chi connectivity index (χ3v) is 7.28. The van der Waals surface area contributed by atoms with Crippen LogP contribution < -0.4 is 5.32 Å². The van der Waals surface area contributed by atoms with Crippen LogP contribution in [0.4, 0.5) is 0 Å². The molecule has 1 aromatic heterocycles. The van der Waals surface area contributed by atoms with E-state index in [1.54, 1.807) is 23.3 Å². The number of nitrogens with one attached hydrogen (secondary N) is 1. The number of nitrogens with zero attached hydrogens (tertiary/aromatic N) is 2.